The zero-order valence-electron chi connectivity index (χ0n) is 12.6. The van der Waals surface area contributed by atoms with Gasteiger partial charge in [0.2, 0.25) is 0 Å². The van der Waals surface area contributed by atoms with Crippen LogP contribution in [-0.2, 0) is 11.2 Å². The molecule has 1 aromatic carbocycles. The number of alkyl halides is 2. The molecule has 0 radical (unpaired) electrons. The van der Waals surface area contributed by atoms with Gasteiger partial charge in [0.15, 0.2) is 0 Å². The quantitative estimate of drug-likeness (QED) is 0.543. The largest absolute Gasteiger partial charge is 0.384 e. The van der Waals surface area contributed by atoms with Gasteiger partial charge in [-0.2, -0.15) is 0 Å². The fraction of sp³-hybridized carbons (Fsp3) is 0.647. The number of rotatable bonds is 10. The molecule has 1 aromatic rings. The van der Waals surface area contributed by atoms with Crippen LogP contribution in [0.5, 0.6) is 0 Å². The maximum Gasteiger partial charge on any atom is 0.257 e. The minimum absolute atomic E-state index is 0.131. The molecular weight excluding hydrogens is 258 g/mol. The summed E-state index contributed by atoms with van der Waals surface area (Å²) in [4.78, 5) is 0. The van der Waals surface area contributed by atoms with Crippen LogP contribution in [0.2, 0.25) is 0 Å². The maximum atomic E-state index is 14.4. The Bertz CT molecular complexity index is 351. The van der Waals surface area contributed by atoms with Gasteiger partial charge in [-0.3, -0.25) is 0 Å². The number of halogens is 2. The smallest absolute Gasteiger partial charge is 0.257 e. The SMILES string of the molecule is CCCCCC[C@@H](COC)C(F)(F)Cc1ccccc1. The summed E-state index contributed by atoms with van der Waals surface area (Å²) >= 11 is 0. The molecule has 0 saturated heterocycles. The third kappa shape index (κ3) is 6.00. The Morgan fingerprint density at radius 3 is 2.40 bits per heavy atom. The lowest BCUT2D eigenvalue weighted by Crippen LogP contribution is -2.34. The standard InChI is InChI=1S/C17H26F2O/c1-3-4-5-9-12-16(14-20-2)17(18,19)13-15-10-7-6-8-11-15/h6-8,10-11,16H,3-5,9,12-14H2,1-2H3/t16-/m0/s1. The highest BCUT2D eigenvalue weighted by Crippen LogP contribution is 2.33. The average Bonchev–Trinajstić information content (AvgIpc) is 2.43. The first-order valence-electron chi connectivity index (χ1n) is 7.50. The summed E-state index contributed by atoms with van der Waals surface area (Å²) in [5.74, 6) is -3.40. The molecule has 0 bridgehead atoms. The Kier molecular flexibility index (Phi) is 7.75. The number of ether oxygens (including phenoxy) is 1. The van der Waals surface area contributed by atoms with Crippen molar-refractivity contribution in [2.45, 2.75) is 51.4 Å². The molecule has 0 saturated carbocycles. The van der Waals surface area contributed by atoms with Crippen LogP contribution in [0.4, 0.5) is 8.78 Å². The molecule has 0 amide bonds. The number of unbranched alkanes of at least 4 members (excludes halogenated alkanes) is 3. The number of hydrogen-bond donors (Lipinski definition) is 0. The Hall–Kier alpha value is -0.960. The number of benzene rings is 1. The summed E-state index contributed by atoms with van der Waals surface area (Å²) in [6, 6.07) is 8.97. The van der Waals surface area contributed by atoms with Crippen molar-refractivity contribution in [3.05, 3.63) is 35.9 Å². The van der Waals surface area contributed by atoms with Crippen molar-refractivity contribution in [2.75, 3.05) is 13.7 Å². The van der Waals surface area contributed by atoms with Gasteiger partial charge in [-0.15, -0.1) is 0 Å². The molecule has 20 heavy (non-hydrogen) atoms. The van der Waals surface area contributed by atoms with E-state index in [1.54, 1.807) is 24.3 Å². The van der Waals surface area contributed by atoms with E-state index in [9.17, 15) is 8.78 Å². The van der Waals surface area contributed by atoms with Gasteiger partial charge in [-0.05, 0) is 12.0 Å². The van der Waals surface area contributed by atoms with Crippen LogP contribution in [0, 0.1) is 5.92 Å². The molecule has 0 aliphatic carbocycles. The zero-order valence-corrected chi connectivity index (χ0v) is 12.6. The Morgan fingerprint density at radius 2 is 1.80 bits per heavy atom. The average molecular weight is 284 g/mol. The van der Waals surface area contributed by atoms with Crippen LogP contribution < -0.4 is 0 Å². The zero-order chi connectivity index (χ0) is 14.8. The maximum absolute atomic E-state index is 14.4. The molecule has 0 N–H and O–H groups in total. The second kappa shape index (κ2) is 9.06. The minimum atomic E-state index is -2.70. The van der Waals surface area contributed by atoms with Crippen molar-refractivity contribution >= 4 is 0 Å². The van der Waals surface area contributed by atoms with Crippen LogP contribution in [0.15, 0.2) is 30.3 Å². The lowest BCUT2D eigenvalue weighted by atomic mass is 9.90. The third-order valence-electron chi connectivity index (χ3n) is 3.65. The molecule has 114 valence electrons. The fourth-order valence-corrected chi connectivity index (χ4v) is 2.45. The molecule has 0 aliphatic rings. The lowest BCUT2D eigenvalue weighted by molar-refractivity contribution is -0.0846. The normalized spacial score (nSPS) is 13.4. The van der Waals surface area contributed by atoms with E-state index in [0.29, 0.717) is 12.0 Å². The van der Waals surface area contributed by atoms with Gasteiger partial charge >= 0.3 is 0 Å². The van der Waals surface area contributed by atoms with Gasteiger partial charge in [-0.1, -0.05) is 62.9 Å². The van der Waals surface area contributed by atoms with Crippen LogP contribution >= 0.6 is 0 Å². The Balaban J connectivity index is 2.57. The first-order chi connectivity index (χ1) is 9.60. The van der Waals surface area contributed by atoms with Crippen molar-refractivity contribution in [1.29, 1.82) is 0 Å². The van der Waals surface area contributed by atoms with Crippen molar-refractivity contribution in [3.8, 4) is 0 Å². The Morgan fingerprint density at radius 1 is 1.10 bits per heavy atom. The summed E-state index contributed by atoms with van der Waals surface area (Å²) in [7, 11) is 1.50. The van der Waals surface area contributed by atoms with E-state index in [0.717, 1.165) is 25.7 Å². The van der Waals surface area contributed by atoms with Crippen LogP contribution in [-0.4, -0.2) is 19.6 Å². The predicted octanol–water partition coefficient (Wildman–Crippen LogP) is 5.10. The van der Waals surface area contributed by atoms with Gasteiger partial charge in [0.05, 0.1) is 6.61 Å². The third-order valence-corrected chi connectivity index (χ3v) is 3.65. The second-order valence-corrected chi connectivity index (χ2v) is 5.43. The molecule has 0 fully saturated rings. The van der Waals surface area contributed by atoms with E-state index in [1.165, 1.54) is 7.11 Å². The molecule has 1 nitrogen and oxygen atoms in total. The van der Waals surface area contributed by atoms with Crippen molar-refractivity contribution in [2.24, 2.45) is 5.92 Å². The summed E-state index contributed by atoms with van der Waals surface area (Å²) in [5, 5.41) is 0. The minimum Gasteiger partial charge on any atom is -0.384 e. The molecule has 0 spiro atoms. The summed E-state index contributed by atoms with van der Waals surface area (Å²) < 4.78 is 33.8. The van der Waals surface area contributed by atoms with Gasteiger partial charge in [-0.25, -0.2) is 8.78 Å². The van der Waals surface area contributed by atoms with Gasteiger partial charge in [0.25, 0.3) is 5.92 Å². The molecule has 1 rings (SSSR count). The molecule has 0 heterocycles. The number of hydrogen-bond acceptors (Lipinski definition) is 1. The first-order valence-corrected chi connectivity index (χ1v) is 7.50. The summed E-state index contributed by atoms with van der Waals surface area (Å²) in [6.45, 7) is 2.25. The van der Waals surface area contributed by atoms with Crippen molar-refractivity contribution < 1.29 is 13.5 Å². The fourth-order valence-electron chi connectivity index (χ4n) is 2.45. The van der Waals surface area contributed by atoms with E-state index < -0.39 is 11.8 Å². The molecule has 1 atom stereocenters. The lowest BCUT2D eigenvalue weighted by Gasteiger charge is -2.26. The highest BCUT2D eigenvalue weighted by Gasteiger charge is 2.38. The first kappa shape index (κ1) is 17.1. The van der Waals surface area contributed by atoms with E-state index in [1.807, 2.05) is 6.07 Å². The molecule has 3 heteroatoms. The highest BCUT2D eigenvalue weighted by molar-refractivity contribution is 5.16. The van der Waals surface area contributed by atoms with E-state index in [2.05, 4.69) is 6.92 Å². The monoisotopic (exact) mass is 284 g/mol. The van der Waals surface area contributed by atoms with Gasteiger partial charge in [0, 0.05) is 19.4 Å². The molecular formula is C17H26F2O. The predicted molar refractivity (Wildman–Crippen MR) is 79.2 cm³/mol. The second-order valence-electron chi connectivity index (χ2n) is 5.43. The Labute approximate surface area is 121 Å². The van der Waals surface area contributed by atoms with Crippen molar-refractivity contribution in [3.63, 3.8) is 0 Å². The van der Waals surface area contributed by atoms with Gasteiger partial charge < -0.3 is 4.74 Å². The van der Waals surface area contributed by atoms with Crippen LogP contribution in [0.25, 0.3) is 0 Å². The van der Waals surface area contributed by atoms with E-state index >= 15 is 0 Å². The van der Waals surface area contributed by atoms with Crippen molar-refractivity contribution in [1.82, 2.24) is 0 Å². The summed E-state index contributed by atoms with van der Waals surface area (Å²) in [5.41, 5.74) is 0.687. The van der Waals surface area contributed by atoms with E-state index in [4.69, 9.17) is 4.74 Å². The molecule has 0 aromatic heterocycles. The molecule has 0 unspecified atom stereocenters. The number of methoxy groups -OCH3 is 1. The van der Waals surface area contributed by atoms with E-state index in [-0.39, 0.29) is 13.0 Å². The van der Waals surface area contributed by atoms with Crippen LogP contribution in [0.3, 0.4) is 0 Å². The summed E-state index contributed by atoms with van der Waals surface area (Å²) in [6.07, 6.45) is 4.45. The van der Waals surface area contributed by atoms with Crippen LogP contribution in [0.1, 0.15) is 44.6 Å². The topological polar surface area (TPSA) is 9.23 Å². The highest BCUT2D eigenvalue weighted by atomic mass is 19.3. The van der Waals surface area contributed by atoms with Gasteiger partial charge in [0.1, 0.15) is 0 Å². The molecule has 0 aliphatic heterocycles.